The lowest BCUT2D eigenvalue weighted by atomic mass is 10.1. The molecule has 180 valence electrons. The molecule has 2 aliphatic heterocycles. The fraction of sp³-hybridized carbons (Fsp3) is 0.458. The average molecular weight is 483 g/mol. The molecular formula is C24H30N6O3S. The number of amides is 1. The van der Waals surface area contributed by atoms with Crippen LogP contribution in [0.15, 0.2) is 41.4 Å². The first-order valence-corrected chi connectivity index (χ1v) is 13.1. The van der Waals surface area contributed by atoms with E-state index in [2.05, 4.69) is 21.0 Å². The molecular weight excluding hydrogens is 452 g/mol. The summed E-state index contributed by atoms with van der Waals surface area (Å²) >= 11 is 0. The molecule has 2 fully saturated rings. The predicted molar refractivity (Wildman–Crippen MR) is 130 cm³/mol. The molecule has 0 unspecified atom stereocenters. The van der Waals surface area contributed by atoms with Crippen LogP contribution in [0.1, 0.15) is 17.8 Å². The minimum atomic E-state index is -3.68. The van der Waals surface area contributed by atoms with Gasteiger partial charge in [-0.05, 0) is 32.4 Å². The van der Waals surface area contributed by atoms with Crippen LogP contribution >= 0.6 is 0 Å². The number of pyridine rings is 1. The van der Waals surface area contributed by atoms with Gasteiger partial charge in [-0.3, -0.25) is 14.5 Å². The maximum absolute atomic E-state index is 13.3. The smallest absolute Gasteiger partial charge is 0.246 e. The van der Waals surface area contributed by atoms with Gasteiger partial charge in [-0.2, -0.15) is 9.40 Å². The maximum atomic E-state index is 13.3. The van der Waals surface area contributed by atoms with E-state index in [-0.39, 0.29) is 23.3 Å². The number of para-hydroxylation sites is 1. The third kappa shape index (κ3) is 3.84. The molecule has 0 spiro atoms. The van der Waals surface area contributed by atoms with Crippen LogP contribution < -0.4 is 4.90 Å². The van der Waals surface area contributed by atoms with E-state index in [0.717, 1.165) is 29.7 Å². The molecule has 4 heterocycles. The van der Waals surface area contributed by atoms with Gasteiger partial charge < -0.3 is 9.80 Å². The molecule has 2 saturated heterocycles. The van der Waals surface area contributed by atoms with E-state index in [1.165, 1.54) is 4.31 Å². The van der Waals surface area contributed by atoms with Gasteiger partial charge >= 0.3 is 0 Å². The predicted octanol–water partition coefficient (Wildman–Crippen LogP) is 1.94. The molecule has 10 heteroatoms. The van der Waals surface area contributed by atoms with E-state index in [1.54, 1.807) is 25.6 Å². The molecule has 2 aliphatic rings. The summed E-state index contributed by atoms with van der Waals surface area (Å²) in [5.74, 6) is -0.253. The molecule has 0 aliphatic carbocycles. The van der Waals surface area contributed by atoms with Crippen molar-refractivity contribution in [3.63, 3.8) is 0 Å². The van der Waals surface area contributed by atoms with Crippen LogP contribution in [-0.4, -0.2) is 77.6 Å². The maximum Gasteiger partial charge on any atom is 0.246 e. The standard InChI is InChI=1S/C24H30N6O3S/c1-17-23(18(2)27(3)26-17)34(32,33)30-11-9-19(16-30)24(31)29-14-12-28(13-15-29)22-8-10-25-21-7-5-4-6-20(21)22/h4-8,10,19H,9,11-16H2,1-3H3/t19-/m0/s1. The van der Waals surface area contributed by atoms with E-state index in [1.807, 2.05) is 35.4 Å². The van der Waals surface area contributed by atoms with Crippen molar-refractivity contribution in [1.82, 2.24) is 24.0 Å². The number of aromatic nitrogens is 3. The Morgan fingerprint density at radius 2 is 1.76 bits per heavy atom. The Kier molecular flexibility index (Phi) is 5.81. The van der Waals surface area contributed by atoms with E-state index < -0.39 is 10.0 Å². The van der Waals surface area contributed by atoms with E-state index in [0.29, 0.717) is 37.4 Å². The van der Waals surface area contributed by atoms with Crippen LogP contribution in [0.5, 0.6) is 0 Å². The first kappa shape index (κ1) is 22.8. The van der Waals surface area contributed by atoms with Crippen molar-refractivity contribution < 1.29 is 13.2 Å². The number of piperazine rings is 1. The molecule has 9 nitrogen and oxygen atoms in total. The molecule has 0 radical (unpaired) electrons. The SMILES string of the molecule is Cc1nn(C)c(C)c1S(=O)(=O)N1CC[C@H](C(=O)N2CCN(c3ccnc4ccccc34)CC2)C1. The molecule has 34 heavy (non-hydrogen) atoms. The molecule has 5 rings (SSSR count). The van der Waals surface area contributed by atoms with Crippen LogP contribution in [-0.2, 0) is 21.9 Å². The second-order valence-electron chi connectivity index (χ2n) is 9.13. The summed E-state index contributed by atoms with van der Waals surface area (Å²) < 4.78 is 29.6. The lowest BCUT2D eigenvalue weighted by Crippen LogP contribution is -2.50. The van der Waals surface area contributed by atoms with Crippen LogP contribution in [0.3, 0.4) is 0 Å². The molecule has 1 atom stereocenters. The highest BCUT2D eigenvalue weighted by atomic mass is 32.2. The fourth-order valence-electron chi connectivity index (χ4n) is 5.19. The molecule has 0 bridgehead atoms. The summed E-state index contributed by atoms with van der Waals surface area (Å²) in [5, 5.41) is 5.37. The second kappa shape index (κ2) is 8.66. The number of hydrogen-bond donors (Lipinski definition) is 0. The first-order valence-electron chi connectivity index (χ1n) is 11.6. The van der Waals surface area contributed by atoms with E-state index in [9.17, 15) is 13.2 Å². The van der Waals surface area contributed by atoms with Gasteiger partial charge in [-0.25, -0.2) is 8.42 Å². The Hall–Kier alpha value is -2.98. The monoisotopic (exact) mass is 482 g/mol. The normalized spacial score (nSPS) is 19.8. The Morgan fingerprint density at radius 3 is 2.47 bits per heavy atom. The number of anilines is 1. The first-order chi connectivity index (χ1) is 16.3. The van der Waals surface area contributed by atoms with Crippen LogP contribution in [0, 0.1) is 19.8 Å². The van der Waals surface area contributed by atoms with Crippen molar-refractivity contribution in [2.24, 2.45) is 13.0 Å². The number of fused-ring (bicyclic) bond motifs is 1. The number of rotatable bonds is 4. The van der Waals surface area contributed by atoms with Crippen molar-refractivity contribution in [3.05, 3.63) is 47.9 Å². The lowest BCUT2D eigenvalue weighted by molar-refractivity contribution is -0.135. The van der Waals surface area contributed by atoms with Gasteiger partial charge in [-0.1, -0.05) is 18.2 Å². The molecule has 3 aromatic rings. The number of carbonyl (C=O) groups excluding carboxylic acids is 1. The summed E-state index contributed by atoms with van der Waals surface area (Å²) in [6, 6.07) is 10.1. The Labute approximate surface area is 200 Å². The minimum Gasteiger partial charge on any atom is -0.367 e. The third-order valence-electron chi connectivity index (χ3n) is 7.10. The summed E-state index contributed by atoms with van der Waals surface area (Å²) in [5.41, 5.74) is 3.21. The minimum absolute atomic E-state index is 0.0524. The molecule has 1 aromatic carbocycles. The van der Waals surface area contributed by atoms with Gasteiger partial charge in [0.15, 0.2) is 0 Å². The van der Waals surface area contributed by atoms with Crippen molar-refractivity contribution >= 4 is 32.5 Å². The fourth-order valence-corrected chi connectivity index (χ4v) is 7.09. The summed E-state index contributed by atoms with van der Waals surface area (Å²) in [6.07, 6.45) is 2.38. The average Bonchev–Trinajstić information content (AvgIpc) is 3.44. The Morgan fingerprint density at radius 1 is 1.03 bits per heavy atom. The summed E-state index contributed by atoms with van der Waals surface area (Å²) in [6.45, 7) is 6.78. The highest BCUT2D eigenvalue weighted by molar-refractivity contribution is 7.89. The number of aryl methyl sites for hydroxylation is 2. The van der Waals surface area contributed by atoms with Gasteiger partial charge in [-0.15, -0.1) is 0 Å². The van der Waals surface area contributed by atoms with Gasteiger partial charge in [0, 0.05) is 63.6 Å². The number of carbonyl (C=O) groups is 1. The number of benzene rings is 1. The zero-order valence-electron chi connectivity index (χ0n) is 19.8. The number of nitrogens with zero attached hydrogens (tertiary/aromatic N) is 6. The summed E-state index contributed by atoms with van der Waals surface area (Å²) in [7, 11) is -1.93. The van der Waals surface area contributed by atoms with Crippen LogP contribution in [0.4, 0.5) is 5.69 Å². The zero-order chi connectivity index (χ0) is 24.0. The van der Waals surface area contributed by atoms with Gasteiger partial charge in [0.25, 0.3) is 0 Å². The second-order valence-corrected chi connectivity index (χ2v) is 11.0. The highest BCUT2D eigenvalue weighted by Gasteiger charge is 2.40. The largest absolute Gasteiger partial charge is 0.367 e. The van der Waals surface area contributed by atoms with E-state index in [4.69, 9.17) is 0 Å². The van der Waals surface area contributed by atoms with E-state index >= 15 is 0 Å². The zero-order valence-corrected chi connectivity index (χ0v) is 20.6. The lowest BCUT2D eigenvalue weighted by Gasteiger charge is -2.37. The quantitative estimate of drug-likeness (QED) is 0.565. The number of sulfonamides is 1. The van der Waals surface area contributed by atoms with Crippen LogP contribution in [0.25, 0.3) is 10.9 Å². The van der Waals surface area contributed by atoms with Gasteiger partial charge in [0.1, 0.15) is 4.90 Å². The highest BCUT2D eigenvalue weighted by Crippen LogP contribution is 2.30. The molecule has 2 aromatic heterocycles. The van der Waals surface area contributed by atoms with Crippen molar-refractivity contribution in [1.29, 1.82) is 0 Å². The Bertz CT molecular complexity index is 1340. The van der Waals surface area contributed by atoms with Crippen molar-refractivity contribution in [2.45, 2.75) is 25.2 Å². The molecule has 0 saturated carbocycles. The van der Waals surface area contributed by atoms with Gasteiger partial charge in [0.2, 0.25) is 15.9 Å². The molecule has 1 amide bonds. The molecule has 0 N–H and O–H groups in total. The van der Waals surface area contributed by atoms with Crippen molar-refractivity contribution in [3.8, 4) is 0 Å². The summed E-state index contributed by atoms with van der Waals surface area (Å²) in [4.78, 5) is 22.2. The Balaban J connectivity index is 1.24. The van der Waals surface area contributed by atoms with Gasteiger partial charge in [0.05, 0.1) is 22.8 Å². The van der Waals surface area contributed by atoms with Crippen LogP contribution in [0.2, 0.25) is 0 Å². The number of hydrogen-bond acceptors (Lipinski definition) is 6. The third-order valence-corrected chi connectivity index (χ3v) is 9.22. The van der Waals surface area contributed by atoms with Crippen molar-refractivity contribution in [2.75, 3.05) is 44.2 Å². The topological polar surface area (TPSA) is 91.6 Å².